The highest BCUT2D eigenvalue weighted by molar-refractivity contribution is 6.28. The van der Waals surface area contributed by atoms with Crippen LogP contribution in [0.15, 0.2) is 24.3 Å². The van der Waals surface area contributed by atoms with E-state index in [0.717, 1.165) is 0 Å². The maximum atomic E-state index is 12.7. The molecule has 0 fully saturated rings. The zero-order valence-corrected chi connectivity index (χ0v) is 9.28. The predicted octanol–water partition coefficient (Wildman–Crippen LogP) is 2.21. The van der Waals surface area contributed by atoms with Crippen molar-refractivity contribution in [1.29, 1.82) is 0 Å². The third-order valence-corrected chi connectivity index (χ3v) is 2.20. The summed E-state index contributed by atoms with van der Waals surface area (Å²) >= 11 is 5.90. The van der Waals surface area contributed by atoms with E-state index >= 15 is 0 Å². The normalized spacial score (nSPS) is 10.7. The van der Waals surface area contributed by atoms with Crippen LogP contribution in [0.25, 0.3) is 5.69 Å². The fourth-order valence-corrected chi connectivity index (χ4v) is 1.50. The van der Waals surface area contributed by atoms with Gasteiger partial charge in [0.2, 0.25) is 5.28 Å². The Balaban J connectivity index is 2.36. The topological polar surface area (TPSA) is 39.9 Å². The first-order valence-corrected chi connectivity index (χ1v) is 4.95. The van der Waals surface area contributed by atoms with Crippen LogP contribution in [0, 0.1) is 5.82 Å². The first-order valence-electron chi connectivity index (χ1n) is 4.57. The SMILES string of the molecule is COCc1nc(Cl)n(-c2ccc(F)cc2)n1. The van der Waals surface area contributed by atoms with Gasteiger partial charge in [-0.05, 0) is 35.9 Å². The van der Waals surface area contributed by atoms with Crippen LogP contribution in [0.3, 0.4) is 0 Å². The minimum absolute atomic E-state index is 0.221. The number of methoxy groups -OCH3 is 1. The third-order valence-electron chi connectivity index (χ3n) is 1.96. The zero-order chi connectivity index (χ0) is 11.5. The van der Waals surface area contributed by atoms with Crippen LogP contribution in [0.2, 0.25) is 5.28 Å². The Morgan fingerprint density at radius 3 is 2.69 bits per heavy atom. The van der Waals surface area contributed by atoms with Crippen molar-refractivity contribution in [2.45, 2.75) is 6.61 Å². The van der Waals surface area contributed by atoms with E-state index in [-0.39, 0.29) is 17.7 Å². The maximum Gasteiger partial charge on any atom is 0.226 e. The molecule has 0 radical (unpaired) electrons. The van der Waals surface area contributed by atoms with Crippen LogP contribution >= 0.6 is 11.6 Å². The molecule has 0 atom stereocenters. The van der Waals surface area contributed by atoms with Gasteiger partial charge in [-0.1, -0.05) is 0 Å². The fraction of sp³-hybridized carbons (Fsp3) is 0.200. The summed E-state index contributed by atoms with van der Waals surface area (Å²) < 4.78 is 19.1. The second kappa shape index (κ2) is 4.59. The van der Waals surface area contributed by atoms with Crippen LogP contribution in [0.4, 0.5) is 4.39 Å². The molecule has 0 N–H and O–H groups in total. The van der Waals surface area contributed by atoms with Gasteiger partial charge in [0, 0.05) is 7.11 Å². The molecule has 1 aromatic heterocycles. The molecule has 0 bridgehead atoms. The van der Waals surface area contributed by atoms with Gasteiger partial charge in [-0.15, -0.1) is 5.10 Å². The number of nitrogens with zero attached hydrogens (tertiary/aromatic N) is 3. The average Bonchev–Trinajstić information content (AvgIpc) is 2.61. The third kappa shape index (κ3) is 2.20. The summed E-state index contributed by atoms with van der Waals surface area (Å²) in [5.41, 5.74) is 0.654. The van der Waals surface area contributed by atoms with Crippen molar-refractivity contribution in [3.8, 4) is 5.69 Å². The van der Waals surface area contributed by atoms with Crippen molar-refractivity contribution in [1.82, 2.24) is 14.8 Å². The Morgan fingerprint density at radius 2 is 2.06 bits per heavy atom. The Hall–Kier alpha value is -1.46. The molecule has 16 heavy (non-hydrogen) atoms. The number of benzene rings is 1. The van der Waals surface area contributed by atoms with E-state index in [1.807, 2.05) is 0 Å². The predicted molar refractivity (Wildman–Crippen MR) is 57.0 cm³/mol. The smallest absolute Gasteiger partial charge is 0.226 e. The molecule has 0 aliphatic rings. The highest BCUT2D eigenvalue weighted by atomic mass is 35.5. The highest BCUT2D eigenvalue weighted by Crippen LogP contribution is 2.14. The molecular formula is C10H9ClFN3O. The van der Waals surface area contributed by atoms with Gasteiger partial charge < -0.3 is 4.74 Å². The van der Waals surface area contributed by atoms with Gasteiger partial charge in [-0.3, -0.25) is 0 Å². The minimum atomic E-state index is -0.308. The van der Waals surface area contributed by atoms with Crippen LogP contribution in [-0.4, -0.2) is 21.9 Å². The maximum absolute atomic E-state index is 12.7. The minimum Gasteiger partial charge on any atom is -0.377 e. The molecule has 2 aromatic rings. The van der Waals surface area contributed by atoms with Gasteiger partial charge in [0.15, 0.2) is 5.82 Å². The van der Waals surface area contributed by atoms with Crippen molar-refractivity contribution in [2.75, 3.05) is 7.11 Å². The number of aromatic nitrogens is 3. The second-order valence-corrected chi connectivity index (χ2v) is 3.46. The molecule has 0 aliphatic heterocycles. The summed E-state index contributed by atoms with van der Waals surface area (Å²) in [6, 6.07) is 5.83. The molecule has 0 amide bonds. The summed E-state index contributed by atoms with van der Waals surface area (Å²) in [4.78, 5) is 4.00. The van der Waals surface area contributed by atoms with Crippen LogP contribution < -0.4 is 0 Å². The number of hydrogen-bond donors (Lipinski definition) is 0. The summed E-state index contributed by atoms with van der Waals surface area (Å²) in [7, 11) is 1.55. The van der Waals surface area contributed by atoms with Gasteiger partial charge in [-0.25, -0.2) is 9.07 Å². The quantitative estimate of drug-likeness (QED) is 0.827. The largest absolute Gasteiger partial charge is 0.377 e. The average molecular weight is 242 g/mol. The number of halogens is 2. The first-order chi connectivity index (χ1) is 7.70. The molecule has 4 nitrogen and oxygen atoms in total. The van der Waals surface area contributed by atoms with Crippen molar-refractivity contribution in [3.05, 3.63) is 41.2 Å². The monoisotopic (exact) mass is 241 g/mol. The molecule has 84 valence electrons. The zero-order valence-electron chi connectivity index (χ0n) is 8.52. The number of rotatable bonds is 3. The van der Waals surface area contributed by atoms with E-state index in [0.29, 0.717) is 11.5 Å². The first kappa shape index (κ1) is 11.0. The fourth-order valence-electron chi connectivity index (χ4n) is 1.27. The Bertz CT molecular complexity index is 483. The van der Waals surface area contributed by atoms with Gasteiger partial charge in [0.1, 0.15) is 12.4 Å². The van der Waals surface area contributed by atoms with E-state index in [4.69, 9.17) is 16.3 Å². The number of ether oxygens (including phenoxy) is 1. The summed E-state index contributed by atoms with van der Waals surface area (Å²) in [5.74, 6) is 0.175. The summed E-state index contributed by atoms with van der Waals surface area (Å²) in [5, 5.41) is 4.35. The molecule has 0 aliphatic carbocycles. The standard InChI is InChI=1S/C10H9ClFN3O/c1-16-6-9-13-10(11)15(14-9)8-4-2-7(12)3-5-8/h2-5H,6H2,1H3. The van der Waals surface area contributed by atoms with Gasteiger partial charge >= 0.3 is 0 Å². The lowest BCUT2D eigenvalue weighted by atomic mass is 10.3. The molecule has 1 aromatic carbocycles. The van der Waals surface area contributed by atoms with E-state index in [2.05, 4.69) is 10.1 Å². The van der Waals surface area contributed by atoms with Crippen LogP contribution in [-0.2, 0) is 11.3 Å². The lowest BCUT2D eigenvalue weighted by Crippen LogP contribution is -1.98. The number of hydrogen-bond acceptors (Lipinski definition) is 3. The Morgan fingerprint density at radius 1 is 1.38 bits per heavy atom. The molecule has 1 heterocycles. The lowest BCUT2D eigenvalue weighted by Gasteiger charge is -2.00. The Kier molecular flexibility index (Phi) is 3.17. The van der Waals surface area contributed by atoms with Gasteiger partial charge in [0.05, 0.1) is 5.69 Å². The van der Waals surface area contributed by atoms with Crippen molar-refractivity contribution < 1.29 is 9.13 Å². The van der Waals surface area contributed by atoms with Crippen molar-refractivity contribution >= 4 is 11.6 Å². The highest BCUT2D eigenvalue weighted by Gasteiger charge is 2.09. The molecule has 0 saturated carbocycles. The molecule has 0 spiro atoms. The van der Waals surface area contributed by atoms with Crippen molar-refractivity contribution in [2.24, 2.45) is 0 Å². The summed E-state index contributed by atoms with van der Waals surface area (Å²) in [6.45, 7) is 0.286. The van der Waals surface area contributed by atoms with E-state index in [1.165, 1.54) is 16.8 Å². The van der Waals surface area contributed by atoms with E-state index in [9.17, 15) is 4.39 Å². The second-order valence-electron chi connectivity index (χ2n) is 3.12. The Labute approximate surface area is 96.6 Å². The molecule has 6 heteroatoms. The molecule has 2 rings (SSSR count). The molecule has 0 unspecified atom stereocenters. The van der Waals surface area contributed by atoms with Crippen molar-refractivity contribution in [3.63, 3.8) is 0 Å². The van der Waals surface area contributed by atoms with Gasteiger partial charge in [-0.2, -0.15) is 4.98 Å². The van der Waals surface area contributed by atoms with E-state index < -0.39 is 0 Å². The van der Waals surface area contributed by atoms with Gasteiger partial charge in [0.25, 0.3) is 0 Å². The molecular weight excluding hydrogens is 233 g/mol. The van der Waals surface area contributed by atoms with Crippen LogP contribution in [0.1, 0.15) is 5.82 Å². The summed E-state index contributed by atoms with van der Waals surface area (Å²) in [6.07, 6.45) is 0. The van der Waals surface area contributed by atoms with Crippen LogP contribution in [0.5, 0.6) is 0 Å². The van der Waals surface area contributed by atoms with E-state index in [1.54, 1.807) is 19.2 Å². The molecule has 0 saturated heterocycles. The lowest BCUT2D eigenvalue weighted by molar-refractivity contribution is 0.178.